The second-order valence-corrected chi connectivity index (χ2v) is 5.48. The molecule has 5 heteroatoms. The van der Waals surface area contributed by atoms with E-state index in [1.54, 1.807) is 6.20 Å². The van der Waals surface area contributed by atoms with E-state index in [0.717, 1.165) is 30.9 Å². The van der Waals surface area contributed by atoms with Crippen LogP contribution in [0.4, 0.5) is 17.2 Å². The fourth-order valence-electron chi connectivity index (χ4n) is 2.71. The standard InChI is InChI=1S/C18H21N3O2/c1-2-21(15-7-4-3-5-8-15)17-11-10-14(13-19-17)20-18(22)16-9-6-12-23-16/h3-5,7-8,10-11,13,16H,2,6,9,12H2,1H3,(H,20,22). The summed E-state index contributed by atoms with van der Waals surface area (Å²) in [6.45, 7) is 3.57. The Bertz CT molecular complexity index is 637. The summed E-state index contributed by atoms with van der Waals surface area (Å²) in [7, 11) is 0. The molecule has 1 saturated heterocycles. The van der Waals surface area contributed by atoms with E-state index in [1.165, 1.54) is 0 Å². The molecule has 0 aliphatic carbocycles. The number of nitrogens with zero attached hydrogens (tertiary/aromatic N) is 2. The largest absolute Gasteiger partial charge is 0.368 e. The monoisotopic (exact) mass is 311 g/mol. The summed E-state index contributed by atoms with van der Waals surface area (Å²) in [6.07, 6.45) is 3.09. The summed E-state index contributed by atoms with van der Waals surface area (Å²) in [6, 6.07) is 13.9. The molecular formula is C18H21N3O2. The molecule has 0 saturated carbocycles. The molecule has 2 aromatic rings. The second-order valence-electron chi connectivity index (χ2n) is 5.48. The normalized spacial score (nSPS) is 17.0. The van der Waals surface area contributed by atoms with Crippen LogP contribution >= 0.6 is 0 Å². The van der Waals surface area contributed by atoms with Crippen LogP contribution in [-0.4, -0.2) is 30.1 Å². The minimum atomic E-state index is -0.328. The van der Waals surface area contributed by atoms with Crippen LogP contribution in [0, 0.1) is 0 Å². The Morgan fingerprint density at radius 1 is 1.30 bits per heavy atom. The zero-order valence-corrected chi connectivity index (χ0v) is 13.2. The van der Waals surface area contributed by atoms with E-state index in [2.05, 4.69) is 34.3 Å². The number of ether oxygens (including phenoxy) is 1. The van der Waals surface area contributed by atoms with Gasteiger partial charge in [-0.2, -0.15) is 0 Å². The van der Waals surface area contributed by atoms with Gasteiger partial charge in [-0.1, -0.05) is 18.2 Å². The quantitative estimate of drug-likeness (QED) is 0.920. The number of benzene rings is 1. The van der Waals surface area contributed by atoms with E-state index in [-0.39, 0.29) is 12.0 Å². The molecule has 3 rings (SSSR count). The summed E-state index contributed by atoms with van der Waals surface area (Å²) in [5, 5.41) is 2.86. The predicted molar refractivity (Wildman–Crippen MR) is 91.0 cm³/mol. The van der Waals surface area contributed by atoms with Gasteiger partial charge in [-0.15, -0.1) is 0 Å². The number of aromatic nitrogens is 1. The van der Waals surface area contributed by atoms with Crippen LogP contribution in [0.25, 0.3) is 0 Å². The van der Waals surface area contributed by atoms with E-state index in [9.17, 15) is 4.79 Å². The van der Waals surface area contributed by atoms with Crippen LogP contribution in [0.15, 0.2) is 48.7 Å². The highest BCUT2D eigenvalue weighted by molar-refractivity contribution is 5.94. The number of rotatable bonds is 5. The third kappa shape index (κ3) is 3.68. The van der Waals surface area contributed by atoms with Crippen LogP contribution in [0.5, 0.6) is 0 Å². The smallest absolute Gasteiger partial charge is 0.253 e. The van der Waals surface area contributed by atoms with Crippen LogP contribution < -0.4 is 10.2 Å². The van der Waals surface area contributed by atoms with Crippen molar-refractivity contribution >= 4 is 23.1 Å². The molecule has 120 valence electrons. The SMILES string of the molecule is CCN(c1ccccc1)c1ccc(NC(=O)C2CCCO2)cn1. The molecule has 0 bridgehead atoms. The van der Waals surface area contributed by atoms with Crippen molar-refractivity contribution in [1.29, 1.82) is 0 Å². The highest BCUT2D eigenvalue weighted by atomic mass is 16.5. The maximum Gasteiger partial charge on any atom is 0.253 e. The number of carbonyl (C=O) groups is 1. The first kappa shape index (κ1) is 15.5. The maximum absolute atomic E-state index is 12.0. The number of nitrogens with one attached hydrogen (secondary N) is 1. The van der Waals surface area contributed by atoms with Crippen LogP contribution in [0.3, 0.4) is 0 Å². The van der Waals surface area contributed by atoms with Crippen molar-refractivity contribution in [3.05, 3.63) is 48.7 Å². The average molecular weight is 311 g/mol. The second kappa shape index (κ2) is 7.24. The third-order valence-electron chi connectivity index (χ3n) is 3.90. The summed E-state index contributed by atoms with van der Waals surface area (Å²) in [5.41, 5.74) is 1.79. The molecule has 2 heterocycles. The number of pyridine rings is 1. The fourth-order valence-corrected chi connectivity index (χ4v) is 2.71. The van der Waals surface area contributed by atoms with Gasteiger partial charge in [-0.05, 0) is 44.0 Å². The Balaban J connectivity index is 1.69. The number of anilines is 3. The number of hydrogen-bond donors (Lipinski definition) is 1. The molecule has 0 spiro atoms. The van der Waals surface area contributed by atoms with Gasteiger partial charge < -0.3 is 15.0 Å². The molecule has 0 radical (unpaired) electrons. The van der Waals surface area contributed by atoms with Gasteiger partial charge in [0.05, 0.1) is 11.9 Å². The Kier molecular flexibility index (Phi) is 4.88. The first-order chi connectivity index (χ1) is 11.3. The Hall–Kier alpha value is -2.40. The third-order valence-corrected chi connectivity index (χ3v) is 3.90. The van der Waals surface area contributed by atoms with Gasteiger partial charge in [-0.25, -0.2) is 4.98 Å². The number of hydrogen-bond acceptors (Lipinski definition) is 4. The molecule has 1 atom stereocenters. The molecule has 1 unspecified atom stereocenters. The predicted octanol–water partition coefficient (Wildman–Crippen LogP) is 3.36. The Labute approximate surface area is 136 Å². The van der Waals surface area contributed by atoms with Crippen molar-refractivity contribution in [2.45, 2.75) is 25.9 Å². The van der Waals surface area contributed by atoms with Gasteiger partial charge >= 0.3 is 0 Å². The molecule has 1 aliphatic heterocycles. The Morgan fingerprint density at radius 3 is 2.74 bits per heavy atom. The van der Waals surface area contributed by atoms with E-state index in [4.69, 9.17) is 4.74 Å². The number of para-hydroxylation sites is 1. The highest BCUT2D eigenvalue weighted by Gasteiger charge is 2.23. The van der Waals surface area contributed by atoms with Gasteiger partial charge in [0.1, 0.15) is 11.9 Å². The van der Waals surface area contributed by atoms with E-state index in [1.807, 2.05) is 30.3 Å². The van der Waals surface area contributed by atoms with Crippen LogP contribution in [-0.2, 0) is 9.53 Å². The summed E-state index contributed by atoms with van der Waals surface area (Å²) in [5.74, 6) is 0.765. The van der Waals surface area contributed by atoms with E-state index in [0.29, 0.717) is 12.3 Å². The molecule has 1 aliphatic rings. The number of amides is 1. The zero-order valence-electron chi connectivity index (χ0n) is 13.2. The molecule has 5 nitrogen and oxygen atoms in total. The topological polar surface area (TPSA) is 54.5 Å². The fraction of sp³-hybridized carbons (Fsp3) is 0.333. The van der Waals surface area contributed by atoms with Crippen molar-refractivity contribution in [1.82, 2.24) is 4.98 Å². The summed E-state index contributed by atoms with van der Waals surface area (Å²) in [4.78, 5) is 18.6. The number of carbonyl (C=O) groups excluding carboxylic acids is 1. The lowest BCUT2D eigenvalue weighted by Crippen LogP contribution is -2.27. The molecular weight excluding hydrogens is 290 g/mol. The summed E-state index contributed by atoms with van der Waals surface area (Å²) < 4.78 is 5.38. The van der Waals surface area contributed by atoms with Crippen LogP contribution in [0.2, 0.25) is 0 Å². The van der Waals surface area contributed by atoms with Gasteiger partial charge in [0.15, 0.2) is 0 Å². The maximum atomic E-state index is 12.0. The molecule has 23 heavy (non-hydrogen) atoms. The van der Waals surface area contributed by atoms with Gasteiger partial charge in [0.25, 0.3) is 5.91 Å². The van der Waals surface area contributed by atoms with Crippen molar-refractivity contribution in [3.63, 3.8) is 0 Å². The minimum Gasteiger partial charge on any atom is -0.368 e. The van der Waals surface area contributed by atoms with Gasteiger partial charge in [0, 0.05) is 18.8 Å². The van der Waals surface area contributed by atoms with Crippen molar-refractivity contribution in [2.24, 2.45) is 0 Å². The summed E-state index contributed by atoms with van der Waals surface area (Å²) >= 11 is 0. The molecule has 1 N–H and O–H groups in total. The highest BCUT2D eigenvalue weighted by Crippen LogP contribution is 2.24. The van der Waals surface area contributed by atoms with Crippen molar-refractivity contribution < 1.29 is 9.53 Å². The molecule has 1 fully saturated rings. The molecule has 1 aromatic carbocycles. The minimum absolute atomic E-state index is 0.0903. The van der Waals surface area contributed by atoms with Crippen molar-refractivity contribution in [2.75, 3.05) is 23.4 Å². The van der Waals surface area contributed by atoms with E-state index >= 15 is 0 Å². The van der Waals surface area contributed by atoms with Gasteiger partial charge in [-0.3, -0.25) is 4.79 Å². The first-order valence-corrected chi connectivity index (χ1v) is 7.99. The lowest BCUT2D eigenvalue weighted by Gasteiger charge is -2.22. The lowest BCUT2D eigenvalue weighted by atomic mass is 10.2. The van der Waals surface area contributed by atoms with Crippen molar-refractivity contribution in [3.8, 4) is 0 Å². The average Bonchev–Trinajstić information content (AvgIpc) is 3.13. The molecule has 1 amide bonds. The van der Waals surface area contributed by atoms with Crippen LogP contribution in [0.1, 0.15) is 19.8 Å². The lowest BCUT2D eigenvalue weighted by molar-refractivity contribution is -0.124. The molecule has 1 aromatic heterocycles. The Morgan fingerprint density at radius 2 is 2.13 bits per heavy atom. The first-order valence-electron chi connectivity index (χ1n) is 7.99. The van der Waals surface area contributed by atoms with E-state index < -0.39 is 0 Å². The zero-order chi connectivity index (χ0) is 16.1. The van der Waals surface area contributed by atoms with Gasteiger partial charge in [0.2, 0.25) is 0 Å².